The molecule has 2 aromatic rings. The largest absolute Gasteiger partial charge is 0.297 e. The normalized spacial score (nSPS) is 15.4. The molecule has 28 heavy (non-hydrogen) atoms. The number of hydrogen-bond acceptors (Lipinski definition) is 3. The Morgan fingerprint density at radius 3 is 2.46 bits per heavy atom. The molecule has 0 unspecified atom stereocenters. The second kappa shape index (κ2) is 9.77. The number of carbonyl (C=O) groups excluding carboxylic acids is 1. The maximum atomic E-state index is 12.9. The van der Waals surface area contributed by atoms with Gasteiger partial charge in [0, 0.05) is 30.2 Å². The lowest BCUT2D eigenvalue weighted by atomic mass is 10.0. The third kappa shape index (κ3) is 5.07. The van der Waals surface area contributed by atoms with Gasteiger partial charge in [-0.3, -0.25) is 14.9 Å². The Morgan fingerprint density at radius 2 is 1.79 bits per heavy atom. The third-order valence-electron chi connectivity index (χ3n) is 4.78. The maximum Gasteiger partial charge on any atom is 0.251 e. The maximum absolute atomic E-state index is 12.9. The molecule has 1 atom stereocenters. The van der Waals surface area contributed by atoms with Crippen molar-refractivity contribution in [1.29, 1.82) is 0 Å². The van der Waals surface area contributed by atoms with Crippen molar-refractivity contribution in [3.05, 3.63) is 80.8 Å². The van der Waals surface area contributed by atoms with E-state index in [1.807, 2.05) is 30.3 Å². The summed E-state index contributed by atoms with van der Waals surface area (Å²) in [5.41, 5.74) is 1.27. The van der Waals surface area contributed by atoms with E-state index in [1.165, 1.54) is 0 Å². The summed E-state index contributed by atoms with van der Waals surface area (Å²) in [4.78, 5) is 15.1. The number of nitrogens with zero attached hydrogens (tertiary/aromatic N) is 2. The van der Waals surface area contributed by atoms with Crippen molar-refractivity contribution in [3.8, 4) is 0 Å². The van der Waals surface area contributed by atoms with Gasteiger partial charge in [0.15, 0.2) is 0 Å². The lowest BCUT2D eigenvalue weighted by Gasteiger charge is -2.32. The van der Waals surface area contributed by atoms with Crippen LogP contribution in [0.4, 0.5) is 0 Å². The zero-order valence-corrected chi connectivity index (χ0v) is 17.5. The van der Waals surface area contributed by atoms with Crippen LogP contribution in [-0.2, 0) is 11.2 Å². The highest BCUT2D eigenvalue weighted by atomic mass is 35.5. The molecule has 3 rings (SSSR count). The first kappa shape index (κ1) is 21.2. The fourth-order valence-electron chi connectivity index (χ4n) is 3.24. The molecular weight excluding hydrogens is 419 g/mol. The summed E-state index contributed by atoms with van der Waals surface area (Å²) in [6, 6.07) is 12.2. The van der Waals surface area contributed by atoms with E-state index in [2.05, 4.69) is 17.1 Å². The van der Waals surface area contributed by atoms with Crippen LogP contribution in [0.1, 0.15) is 23.6 Å². The number of hydroxylamine groups is 2. The number of amides is 1. The van der Waals surface area contributed by atoms with Crippen LogP contribution in [0.15, 0.2) is 54.6 Å². The van der Waals surface area contributed by atoms with Crippen molar-refractivity contribution in [2.24, 2.45) is 0 Å². The Morgan fingerprint density at radius 1 is 1.07 bits per heavy atom. The zero-order valence-electron chi connectivity index (χ0n) is 15.2. The number of hydrogen-bond donors (Lipinski definition) is 1. The molecule has 1 heterocycles. The molecule has 0 fully saturated rings. The summed E-state index contributed by atoms with van der Waals surface area (Å²) >= 11 is 18.5. The second-order valence-corrected chi connectivity index (χ2v) is 7.88. The molecule has 0 aromatic heterocycles. The molecule has 1 amide bonds. The van der Waals surface area contributed by atoms with Gasteiger partial charge in [0.2, 0.25) is 0 Å². The Balaban J connectivity index is 1.82. The summed E-state index contributed by atoms with van der Waals surface area (Å²) in [5, 5.41) is 12.5. The highest BCUT2D eigenvalue weighted by Crippen LogP contribution is 2.32. The predicted octanol–water partition coefficient (Wildman–Crippen LogP) is 5.41. The van der Waals surface area contributed by atoms with Gasteiger partial charge in [-0.15, -0.1) is 0 Å². The highest BCUT2D eigenvalue weighted by Gasteiger charge is 2.27. The average molecular weight is 440 g/mol. The molecule has 0 saturated heterocycles. The number of benzene rings is 2. The van der Waals surface area contributed by atoms with Crippen LogP contribution in [0.2, 0.25) is 15.1 Å². The third-order valence-corrected chi connectivity index (χ3v) is 5.97. The summed E-state index contributed by atoms with van der Waals surface area (Å²) in [5.74, 6) is -0.493. The molecular formula is C21H21Cl3N2O2. The quantitative estimate of drug-likeness (QED) is 0.283. The van der Waals surface area contributed by atoms with E-state index in [1.54, 1.807) is 12.1 Å². The zero-order chi connectivity index (χ0) is 20.1. The fraction of sp³-hybridized carbons (Fsp3) is 0.286. The highest BCUT2D eigenvalue weighted by molar-refractivity contribution is 6.44. The first-order chi connectivity index (χ1) is 13.5. The topological polar surface area (TPSA) is 43.8 Å². The molecule has 0 spiro atoms. The minimum absolute atomic E-state index is 0.141. The van der Waals surface area contributed by atoms with Crippen LogP contribution in [0.5, 0.6) is 0 Å². The van der Waals surface area contributed by atoms with Crippen LogP contribution >= 0.6 is 34.8 Å². The fourth-order valence-corrected chi connectivity index (χ4v) is 3.92. The van der Waals surface area contributed by atoms with Crippen LogP contribution < -0.4 is 0 Å². The molecule has 0 saturated carbocycles. The van der Waals surface area contributed by atoms with Gasteiger partial charge < -0.3 is 0 Å². The van der Waals surface area contributed by atoms with Gasteiger partial charge in [-0.2, -0.15) is 0 Å². The molecule has 7 heteroatoms. The summed E-state index contributed by atoms with van der Waals surface area (Å²) in [7, 11) is 0. The molecule has 1 aliphatic rings. The Hall–Kier alpha value is -1.56. The number of halogens is 3. The van der Waals surface area contributed by atoms with Gasteiger partial charge in [-0.1, -0.05) is 77.3 Å². The van der Waals surface area contributed by atoms with Crippen molar-refractivity contribution in [3.63, 3.8) is 0 Å². The second-order valence-electron chi connectivity index (χ2n) is 6.68. The molecule has 0 aliphatic carbocycles. The predicted molar refractivity (Wildman–Crippen MR) is 113 cm³/mol. The smallest absolute Gasteiger partial charge is 0.251 e. The van der Waals surface area contributed by atoms with Gasteiger partial charge >= 0.3 is 0 Å². The summed E-state index contributed by atoms with van der Waals surface area (Å²) < 4.78 is 0. The Labute approximate surface area is 179 Å². The average Bonchev–Trinajstić information content (AvgIpc) is 2.73. The number of rotatable bonds is 6. The lowest BCUT2D eigenvalue weighted by Crippen LogP contribution is -2.41. The van der Waals surface area contributed by atoms with E-state index >= 15 is 0 Å². The summed E-state index contributed by atoms with van der Waals surface area (Å²) in [6.45, 7) is 2.19. The van der Waals surface area contributed by atoms with Crippen LogP contribution in [0, 0.1) is 0 Å². The Bertz CT molecular complexity index is 858. The lowest BCUT2D eigenvalue weighted by molar-refractivity contribution is -0.177. The molecule has 0 radical (unpaired) electrons. The molecule has 2 aromatic carbocycles. The van der Waals surface area contributed by atoms with Crippen LogP contribution in [0.3, 0.4) is 0 Å². The van der Waals surface area contributed by atoms with E-state index in [9.17, 15) is 10.0 Å². The van der Waals surface area contributed by atoms with Crippen molar-refractivity contribution >= 4 is 40.7 Å². The molecule has 0 bridgehead atoms. The Kier molecular flexibility index (Phi) is 7.38. The molecule has 148 valence electrons. The monoisotopic (exact) mass is 438 g/mol. The van der Waals surface area contributed by atoms with Gasteiger partial charge in [-0.25, -0.2) is 5.06 Å². The van der Waals surface area contributed by atoms with Gasteiger partial charge in [0.25, 0.3) is 5.91 Å². The van der Waals surface area contributed by atoms with Gasteiger partial charge in [0.05, 0.1) is 22.5 Å². The van der Waals surface area contributed by atoms with E-state index in [0.717, 1.165) is 30.1 Å². The molecule has 1 aliphatic heterocycles. The summed E-state index contributed by atoms with van der Waals surface area (Å²) in [6.07, 6.45) is 5.05. The number of carbonyl (C=O) groups is 1. The van der Waals surface area contributed by atoms with E-state index in [4.69, 9.17) is 34.8 Å². The minimum Gasteiger partial charge on any atom is -0.297 e. The van der Waals surface area contributed by atoms with E-state index in [-0.39, 0.29) is 11.4 Å². The van der Waals surface area contributed by atoms with Crippen molar-refractivity contribution in [2.75, 3.05) is 19.6 Å². The van der Waals surface area contributed by atoms with Crippen molar-refractivity contribution < 1.29 is 10.0 Å². The van der Waals surface area contributed by atoms with Crippen LogP contribution in [0.25, 0.3) is 0 Å². The van der Waals surface area contributed by atoms with Gasteiger partial charge in [0.1, 0.15) is 0 Å². The van der Waals surface area contributed by atoms with Gasteiger partial charge in [-0.05, 0) is 24.1 Å². The first-order valence-electron chi connectivity index (χ1n) is 9.03. The van der Waals surface area contributed by atoms with E-state index in [0.29, 0.717) is 22.2 Å². The van der Waals surface area contributed by atoms with E-state index < -0.39 is 11.9 Å². The SMILES string of the molecule is O=C(Cc1c(Cl)ccc(Cl)c1Cl)N(O)[C@H](CN1CC=CCC1)c1ccccc1. The first-order valence-corrected chi connectivity index (χ1v) is 10.2. The molecule has 1 N–H and O–H groups in total. The van der Waals surface area contributed by atoms with Crippen LogP contribution in [-0.4, -0.2) is 40.7 Å². The standard InChI is InChI=1S/C21H21Cl3N2O2/c22-17-9-10-18(23)21(24)16(17)13-20(27)26(28)19(15-7-3-1-4-8-15)14-25-11-5-2-6-12-25/h1-5,7-10,19,28H,6,11-14H2/t19-/m1/s1. The van der Waals surface area contributed by atoms with Crippen molar-refractivity contribution in [2.45, 2.75) is 18.9 Å². The van der Waals surface area contributed by atoms with Crippen molar-refractivity contribution in [1.82, 2.24) is 9.96 Å². The minimum atomic E-state index is -0.503. The molecule has 4 nitrogen and oxygen atoms in total.